The molecule has 0 bridgehead atoms. The minimum absolute atomic E-state index is 0.0275. The van der Waals surface area contributed by atoms with Crippen LogP contribution in [0.2, 0.25) is 5.02 Å². The van der Waals surface area contributed by atoms with E-state index in [1.54, 1.807) is 30.3 Å². The number of nitrogens with one attached hydrogen (secondary N) is 1. The molecule has 3 aromatic rings. The van der Waals surface area contributed by atoms with E-state index in [0.29, 0.717) is 27.2 Å². The molecule has 1 atom stereocenters. The van der Waals surface area contributed by atoms with Crippen LogP contribution in [0.5, 0.6) is 11.5 Å². The third-order valence-corrected chi connectivity index (χ3v) is 8.60. The Morgan fingerprint density at radius 2 is 1.76 bits per heavy atom. The summed E-state index contributed by atoms with van der Waals surface area (Å²) in [5, 5.41) is 0.0695. The van der Waals surface area contributed by atoms with Gasteiger partial charge >= 0.3 is 0 Å². The van der Waals surface area contributed by atoms with Crippen LogP contribution in [0.15, 0.2) is 64.0 Å². The van der Waals surface area contributed by atoms with Gasteiger partial charge in [-0.3, -0.25) is 9.52 Å². The summed E-state index contributed by atoms with van der Waals surface area (Å²) >= 11 is 9.63. The molecule has 1 N–H and O–H groups in total. The first-order chi connectivity index (χ1) is 17.5. The number of halogens is 3. The van der Waals surface area contributed by atoms with Crippen molar-refractivity contribution in [3.63, 3.8) is 0 Å². The van der Waals surface area contributed by atoms with Crippen molar-refractivity contribution in [2.75, 3.05) is 32.0 Å². The maximum atomic E-state index is 16.0. The second-order valence-corrected chi connectivity index (χ2v) is 11.7. The molecule has 1 heterocycles. The molecular formula is C26H25BrClFN2O5S. The molecule has 37 heavy (non-hydrogen) atoms. The fourth-order valence-corrected chi connectivity index (χ4v) is 5.95. The Balaban J connectivity index is 1.60. The van der Waals surface area contributed by atoms with E-state index >= 15 is 4.39 Å². The molecule has 0 spiro atoms. The van der Waals surface area contributed by atoms with E-state index < -0.39 is 21.6 Å². The van der Waals surface area contributed by atoms with E-state index in [1.807, 2.05) is 13.0 Å². The van der Waals surface area contributed by atoms with Gasteiger partial charge in [0.15, 0.2) is 5.67 Å². The molecular weight excluding hydrogens is 587 g/mol. The Morgan fingerprint density at radius 3 is 2.41 bits per heavy atom. The number of rotatable bonds is 7. The second kappa shape index (κ2) is 10.5. The number of alkyl halides is 1. The van der Waals surface area contributed by atoms with Crippen molar-refractivity contribution in [1.82, 2.24) is 4.90 Å². The summed E-state index contributed by atoms with van der Waals surface area (Å²) in [4.78, 5) is 14.6. The lowest BCUT2D eigenvalue weighted by Gasteiger charge is -2.23. The third kappa shape index (κ3) is 5.71. The summed E-state index contributed by atoms with van der Waals surface area (Å²) in [5.74, 6) is 0.308. The van der Waals surface area contributed by atoms with Crippen molar-refractivity contribution < 1.29 is 27.1 Å². The molecule has 196 valence electrons. The fourth-order valence-electron chi connectivity index (χ4n) is 4.17. The van der Waals surface area contributed by atoms with E-state index in [9.17, 15) is 13.2 Å². The van der Waals surface area contributed by atoms with Crippen LogP contribution in [0.25, 0.3) is 0 Å². The van der Waals surface area contributed by atoms with Crippen LogP contribution in [-0.4, -0.2) is 46.5 Å². The maximum absolute atomic E-state index is 16.0. The quantitative estimate of drug-likeness (QED) is 0.358. The molecule has 1 aliphatic heterocycles. The van der Waals surface area contributed by atoms with E-state index in [0.717, 1.165) is 5.56 Å². The molecule has 1 saturated heterocycles. The van der Waals surface area contributed by atoms with Crippen molar-refractivity contribution in [3.05, 3.63) is 80.8 Å². The molecule has 0 radical (unpaired) electrons. The first kappa shape index (κ1) is 27.2. The number of aryl methyl sites for hydroxylation is 1. The van der Waals surface area contributed by atoms with Crippen molar-refractivity contribution in [1.29, 1.82) is 0 Å². The minimum Gasteiger partial charge on any atom is -0.497 e. The molecule has 1 unspecified atom stereocenters. The fraction of sp³-hybridized carbons (Fsp3) is 0.269. The van der Waals surface area contributed by atoms with E-state index in [4.69, 9.17) is 21.1 Å². The summed E-state index contributed by atoms with van der Waals surface area (Å²) in [5.41, 5.74) is -0.314. The Labute approximate surface area is 228 Å². The zero-order chi connectivity index (χ0) is 27.0. The van der Waals surface area contributed by atoms with Crippen molar-refractivity contribution in [2.45, 2.75) is 23.9 Å². The molecule has 0 aromatic heterocycles. The molecule has 7 nitrogen and oxygen atoms in total. The van der Waals surface area contributed by atoms with Crippen LogP contribution >= 0.6 is 27.5 Å². The Bertz CT molecular complexity index is 1450. The minimum atomic E-state index is -4.04. The number of hydrogen-bond acceptors (Lipinski definition) is 5. The van der Waals surface area contributed by atoms with Crippen molar-refractivity contribution in [2.24, 2.45) is 0 Å². The standard InChI is InChI=1S/C26H25BrClFN2O5S/c1-16-4-6-22(27)24(10-16)30-37(33,34)20-5-7-23(28)21(14-20)25(32)31-9-8-26(29,15-31)17-11-18(35-2)13-19(12-17)36-3/h4-7,10-14,30H,8-9,15H2,1-3H3. The number of anilines is 1. The van der Waals surface area contributed by atoms with Gasteiger partial charge in [-0.1, -0.05) is 17.7 Å². The zero-order valence-electron chi connectivity index (χ0n) is 20.3. The summed E-state index contributed by atoms with van der Waals surface area (Å²) < 4.78 is 55.8. The van der Waals surface area contributed by atoms with Gasteiger partial charge in [0.1, 0.15) is 11.5 Å². The number of nitrogens with zero attached hydrogens (tertiary/aromatic N) is 1. The Morgan fingerprint density at radius 1 is 1.08 bits per heavy atom. The summed E-state index contributed by atoms with van der Waals surface area (Å²) in [7, 11) is -1.09. The highest BCUT2D eigenvalue weighted by Crippen LogP contribution is 2.40. The molecule has 1 amide bonds. The van der Waals surface area contributed by atoms with Gasteiger partial charge in [0.05, 0.1) is 41.9 Å². The van der Waals surface area contributed by atoms with Crippen LogP contribution in [0.1, 0.15) is 27.9 Å². The van der Waals surface area contributed by atoms with E-state index in [2.05, 4.69) is 20.7 Å². The number of benzene rings is 3. The molecule has 3 aromatic carbocycles. The van der Waals surface area contributed by atoms with Gasteiger partial charge in [0.2, 0.25) is 0 Å². The number of ether oxygens (including phenoxy) is 2. The van der Waals surface area contributed by atoms with Crippen LogP contribution in [0.3, 0.4) is 0 Å². The number of amides is 1. The van der Waals surface area contributed by atoms with Gasteiger partial charge in [0, 0.05) is 23.5 Å². The Hall–Kier alpha value is -2.82. The molecule has 4 rings (SSSR count). The highest BCUT2D eigenvalue weighted by molar-refractivity contribution is 9.10. The molecule has 0 saturated carbocycles. The smallest absolute Gasteiger partial charge is 0.261 e. The number of carbonyl (C=O) groups excluding carboxylic acids is 1. The van der Waals surface area contributed by atoms with Crippen molar-refractivity contribution >= 4 is 49.1 Å². The van der Waals surface area contributed by atoms with Gasteiger partial charge in [-0.2, -0.15) is 0 Å². The maximum Gasteiger partial charge on any atom is 0.261 e. The lowest BCUT2D eigenvalue weighted by molar-refractivity contribution is 0.0750. The largest absolute Gasteiger partial charge is 0.497 e. The second-order valence-electron chi connectivity index (χ2n) is 8.77. The molecule has 1 aliphatic rings. The highest BCUT2D eigenvalue weighted by Gasteiger charge is 2.43. The predicted octanol–water partition coefficient (Wildman–Crippen LogP) is 5.94. The highest BCUT2D eigenvalue weighted by atomic mass is 79.9. The summed E-state index contributed by atoms with van der Waals surface area (Å²) in [6, 6.07) is 13.9. The molecule has 1 fully saturated rings. The first-order valence-electron chi connectivity index (χ1n) is 11.3. The first-order valence-corrected chi connectivity index (χ1v) is 13.9. The number of likely N-dealkylation sites (tertiary alicyclic amines) is 1. The van der Waals surface area contributed by atoms with Gasteiger partial charge in [-0.05, 0) is 76.4 Å². The van der Waals surface area contributed by atoms with Gasteiger partial charge in [-0.15, -0.1) is 0 Å². The predicted molar refractivity (Wildman–Crippen MR) is 144 cm³/mol. The number of carbonyl (C=O) groups is 1. The monoisotopic (exact) mass is 610 g/mol. The van der Waals surface area contributed by atoms with Crippen molar-refractivity contribution in [3.8, 4) is 11.5 Å². The van der Waals surface area contributed by atoms with Crippen LogP contribution < -0.4 is 14.2 Å². The summed E-state index contributed by atoms with van der Waals surface area (Å²) in [6.07, 6.45) is 0.0492. The number of hydrogen-bond donors (Lipinski definition) is 1. The van der Waals surface area contributed by atoms with E-state index in [-0.39, 0.29) is 35.0 Å². The van der Waals surface area contributed by atoms with Crippen LogP contribution in [0.4, 0.5) is 10.1 Å². The lowest BCUT2D eigenvalue weighted by atomic mass is 9.94. The molecule has 11 heteroatoms. The van der Waals surface area contributed by atoms with E-state index in [1.165, 1.54) is 37.3 Å². The SMILES string of the molecule is COc1cc(OC)cc(C2(F)CCN(C(=O)c3cc(S(=O)(=O)Nc4cc(C)ccc4Br)ccc3Cl)C2)c1. The van der Waals surface area contributed by atoms with Crippen LogP contribution in [0, 0.1) is 6.92 Å². The number of methoxy groups -OCH3 is 2. The number of sulfonamides is 1. The summed E-state index contributed by atoms with van der Waals surface area (Å²) in [6.45, 7) is 1.73. The van der Waals surface area contributed by atoms with Gasteiger partial charge < -0.3 is 14.4 Å². The van der Waals surface area contributed by atoms with Gasteiger partial charge in [0.25, 0.3) is 15.9 Å². The molecule has 0 aliphatic carbocycles. The average molecular weight is 612 g/mol. The Kier molecular flexibility index (Phi) is 7.73. The third-order valence-electron chi connectivity index (χ3n) is 6.22. The van der Waals surface area contributed by atoms with Gasteiger partial charge in [-0.25, -0.2) is 12.8 Å². The zero-order valence-corrected chi connectivity index (χ0v) is 23.5. The van der Waals surface area contributed by atoms with Crippen LogP contribution in [-0.2, 0) is 15.7 Å². The topological polar surface area (TPSA) is 84.9 Å². The normalized spacial score (nSPS) is 17.5. The lowest BCUT2D eigenvalue weighted by Crippen LogP contribution is -2.32. The average Bonchev–Trinajstić information content (AvgIpc) is 3.28.